The lowest BCUT2D eigenvalue weighted by molar-refractivity contribution is 0.210. The Hall–Kier alpha value is -2.07. The molecule has 2 aromatic rings. The monoisotopic (exact) mass is 258 g/mol. The van der Waals surface area contributed by atoms with E-state index in [4.69, 9.17) is 15.2 Å². The topological polar surface area (TPSA) is 57.4 Å². The summed E-state index contributed by atoms with van der Waals surface area (Å²) in [7, 11) is 0. The minimum atomic E-state index is -0.0984. The van der Waals surface area contributed by atoms with Crippen molar-refractivity contribution >= 4 is 0 Å². The summed E-state index contributed by atoms with van der Waals surface area (Å²) in [5.41, 5.74) is 6.76. The maximum absolute atomic E-state index is 5.86. The molecule has 2 rings (SSSR count). The van der Waals surface area contributed by atoms with Crippen LogP contribution in [0.4, 0.5) is 0 Å². The van der Waals surface area contributed by atoms with Gasteiger partial charge in [-0.25, -0.2) is 4.98 Å². The van der Waals surface area contributed by atoms with Crippen LogP contribution < -0.4 is 15.2 Å². The molecule has 0 aliphatic rings. The van der Waals surface area contributed by atoms with Gasteiger partial charge in [-0.15, -0.1) is 0 Å². The maximum Gasteiger partial charge on any atom is 0.218 e. The van der Waals surface area contributed by atoms with E-state index in [1.54, 1.807) is 6.20 Å². The Morgan fingerprint density at radius 3 is 2.53 bits per heavy atom. The van der Waals surface area contributed by atoms with Gasteiger partial charge < -0.3 is 15.2 Å². The number of hydrogen-bond acceptors (Lipinski definition) is 4. The van der Waals surface area contributed by atoms with E-state index in [9.17, 15) is 0 Å². The lowest BCUT2D eigenvalue weighted by Gasteiger charge is -2.12. The van der Waals surface area contributed by atoms with Crippen LogP contribution in [0, 0.1) is 0 Å². The zero-order chi connectivity index (χ0) is 13.5. The van der Waals surface area contributed by atoms with Crippen molar-refractivity contribution < 1.29 is 9.47 Å². The summed E-state index contributed by atoms with van der Waals surface area (Å²) >= 11 is 0. The number of benzene rings is 1. The number of nitrogens with zero attached hydrogens (tertiary/aromatic N) is 1. The molecule has 100 valence electrons. The number of hydrogen-bond donors (Lipinski definition) is 1. The predicted octanol–water partition coefficient (Wildman–Crippen LogP) is 2.56. The van der Waals surface area contributed by atoms with Gasteiger partial charge in [0, 0.05) is 17.8 Å². The van der Waals surface area contributed by atoms with E-state index in [2.05, 4.69) is 4.98 Å². The summed E-state index contributed by atoms with van der Waals surface area (Å²) in [4.78, 5) is 4.19. The van der Waals surface area contributed by atoms with Crippen LogP contribution in [-0.2, 0) is 0 Å². The van der Waals surface area contributed by atoms with E-state index in [-0.39, 0.29) is 6.04 Å². The Bertz CT molecular complexity index is 501. The first-order valence-electron chi connectivity index (χ1n) is 6.28. The van der Waals surface area contributed by atoms with E-state index in [1.807, 2.05) is 49.4 Å². The average molecular weight is 258 g/mol. The third-order valence-electron chi connectivity index (χ3n) is 2.63. The maximum atomic E-state index is 5.86. The number of ether oxygens (including phenoxy) is 2. The molecule has 0 saturated carbocycles. The minimum Gasteiger partial charge on any atom is -0.490 e. The largest absolute Gasteiger partial charge is 0.490 e. The first-order valence-corrected chi connectivity index (χ1v) is 6.28. The zero-order valence-corrected chi connectivity index (χ0v) is 11.0. The SMILES string of the molecule is C[C@H](N)c1cccnc1OCCOc1ccccc1. The van der Waals surface area contributed by atoms with Crippen molar-refractivity contribution in [3.05, 3.63) is 54.2 Å². The van der Waals surface area contributed by atoms with Crippen LogP contribution in [0.3, 0.4) is 0 Å². The van der Waals surface area contributed by atoms with Crippen molar-refractivity contribution in [2.45, 2.75) is 13.0 Å². The van der Waals surface area contributed by atoms with Gasteiger partial charge in [0.25, 0.3) is 0 Å². The smallest absolute Gasteiger partial charge is 0.218 e. The Kier molecular flexibility index (Phi) is 4.75. The highest BCUT2D eigenvalue weighted by atomic mass is 16.5. The second-order valence-electron chi connectivity index (χ2n) is 4.20. The molecule has 0 spiro atoms. The predicted molar refractivity (Wildman–Crippen MR) is 74.3 cm³/mol. The van der Waals surface area contributed by atoms with E-state index >= 15 is 0 Å². The molecule has 4 nitrogen and oxygen atoms in total. The summed E-state index contributed by atoms with van der Waals surface area (Å²) in [6.07, 6.45) is 1.69. The van der Waals surface area contributed by atoms with Crippen LogP contribution in [0.25, 0.3) is 0 Å². The standard InChI is InChI=1S/C15H18N2O2/c1-12(16)14-8-5-9-17-15(14)19-11-10-18-13-6-3-2-4-7-13/h2-9,12H,10-11,16H2,1H3/t12-/m0/s1. The Morgan fingerprint density at radius 2 is 1.79 bits per heavy atom. The van der Waals surface area contributed by atoms with Crippen molar-refractivity contribution in [1.82, 2.24) is 4.98 Å². The lowest BCUT2D eigenvalue weighted by atomic mass is 10.1. The highest BCUT2D eigenvalue weighted by molar-refractivity contribution is 5.28. The molecule has 0 saturated heterocycles. The summed E-state index contributed by atoms with van der Waals surface area (Å²) in [5.74, 6) is 1.41. The molecule has 0 bridgehead atoms. The van der Waals surface area contributed by atoms with E-state index in [0.29, 0.717) is 19.1 Å². The molecule has 0 fully saturated rings. The van der Waals surface area contributed by atoms with E-state index in [0.717, 1.165) is 11.3 Å². The van der Waals surface area contributed by atoms with Crippen LogP contribution in [0.15, 0.2) is 48.7 Å². The molecule has 1 aromatic carbocycles. The van der Waals surface area contributed by atoms with Gasteiger partial charge in [-0.05, 0) is 25.1 Å². The molecule has 19 heavy (non-hydrogen) atoms. The van der Waals surface area contributed by atoms with Crippen molar-refractivity contribution in [3.8, 4) is 11.6 Å². The van der Waals surface area contributed by atoms with Crippen molar-refractivity contribution in [2.75, 3.05) is 13.2 Å². The quantitative estimate of drug-likeness (QED) is 0.809. The van der Waals surface area contributed by atoms with Crippen LogP contribution in [0.1, 0.15) is 18.5 Å². The van der Waals surface area contributed by atoms with Crippen molar-refractivity contribution in [1.29, 1.82) is 0 Å². The minimum absolute atomic E-state index is 0.0984. The molecule has 0 aliphatic heterocycles. The average Bonchev–Trinajstić information content (AvgIpc) is 2.45. The Balaban J connectivity index is 1.83. The number of pyridine rings is 1. The normalized spacial score (nSPS) is 11.9. The summed E-state index contributed by atoms with van der Waals surface area (Å²) in [6.45, 7) is 2.81. The summed E-state index contributed by atoms with van der Waals surface area (Å²) in [5, 5.41) is 0. The van der Waals surface area contributed by atoms with Gasteiger partial charge in [0.05, 0.1) is 0 Å². The van der Waals surface area contributed by atoms with Gasteiger partial charge in [-0.3, -0.25) is 0 Å². The zero-order valence-electron chi connectivity index (χ0n) is 11.0. The number of rotatable bonds is 6. The Morgan fingerprint density at radius 1 is 1.05 bits per heavy atom. The van der Waals surface area contributed by atoms with Crippen LogP contribution in [0.5, 0.6) is 11.6 Å². The lowest BCUT2D eigenvalue weighted by Crippen LogP contribution is -2.13. The third-order valence-corrected chi connectivity index (χ3v) is 2.63. The molecule has 2 N–H and O–H groups in total. The molecule has 4 heteroatoms. The van der Waals surface area contributed by atoms with Crippen LogP contribution in [0.2, 0.25) is 0 Å². The molecule has 0 amide bonds. The Labute approximate surface area is 113 Å². The van der Waals surface area contributed by atoms with E-state index in [1.165, 1.54) is 0 Å². The van der Waals surface area contributed by atoms with Gasteiger partial charge in [0.15, 0.2) is 0 Å². The summed E-state index contributed by atoms with van der Waals surface area (Å²) < 4.78 is 11.1. The first-order chi connectivity index (χ1) is 9.27. The molecular formula is C15H18N2O2. The first kappa shape index (κ1) is 13.4. The number of aromatic nitrogens is 1. The molecule has 1 heterocycles. The third kappa shape index (κ3) is 3.96. The molecule has 0 radical (unpaired) electrons. The van der Waals surface area contributed by atoms with E-state index < -0.39 is 0 Å². The van der Waals surface area contributed by atoms with Gasteiger partial charge >= 0.3 is 0 Å². The van der Waals surface area contributed by atoms with Crippen LogP contribution in [-0.4, -0.2) is 18.2 Å². The van der Waals surface area contributed by atoms with Gasteiger partial charge in [-0.1, -0.05) is 24.3 Å². The summed E-state index contributed by atoms with van der Waals surface area (Å²) in [6, 6.07) is 13.3. The molecule has 1 aromatic heterocycles. The fraction of sp³-hybridized carbons (Fsp3) is 0.267. The molecular weight excluding hydrogens is 240 g/mol. The van der Waals surface area contributed by atoms with Crippen molar-refractivity contribution in [3.63, 3.8) is 0 Å². The van der Waals surface area contributed by atoms with Gasteiger partial charge in [-0.2, -0.15) is 0 Å². The van der Waals surface area contributed by atoms with Gasteiger partial charge in [0.2, 0.25) is 5.88 Å². The second kappa shape index (κ2) is 6.75. The highest BCUT2D eigenvalue weighted by Gasteiger charge is 2.08. The fourth-order valence-electron chi connectivity index (χ4n) is 1.68. The molecule has 0 aliphatic carbocycles. The van der Waals surface area contributed by atoms with Gasteiger partial charge in [0.1, 0.15) is 19.0 Å². The fourth-order valence-corrected chi connectivity index (χ4v) is 1.68. The second-order valence-corrected chi connectivity index (χ2v) is 4.20. The van der Waals surface area contributed by atoms with Crippen LogP contribution >= 0.6 is 0 Å². The number of para-hydroxylation sites is 1. The van der Waals surface area contributed by atoms with Crippen molar-refractivity contribution in [2.24, 2.45) is 5.73 Å². The number of nitrogens with two attached hydrogens (primary N) is 1. The molecule has 1 atom stereocenters. The highest BCUT2D eigenvalue weighted by Crippen LogP contribution is 2.20. The molecule has 0 unspecified atom stereocenters.